The number of rotatable bonds is 7. The van der Waals surface area contributed by atoms with E-state index in [4.69, 9.17) is 0 Å². The molecule has 1 unspecified atom stereocenters. The zero-order chi connectivity index (χ0) is 22.7. The minimum absolute atomic E-state index is 0.121. The molecule has 0 radical (unpaired) electrons. The fraction of sp³-hybridized carbons (Fsp3) is 0.391. The van der Waals surface area contributed by atoms with E-state index in [0.717, 1.165) is 24.5 Å². The Bertz CT molecular complexity index is 1080. The van der Waals surface area contributed by atoms with Crippen molar-refractivity contribution in [2.45, 2.75) is 30.2 Å². The molecule has 0 aromatic heterocycles. The normalized spacial score (nSPS) is 17.8. The van der Waals surface area contributed by atoms with Crippen LogP contribution in [0.3, 0.4) is 0 Å². The molecule has 2 aromatic carbocycles. The molecule has 1 heterocycles. The SMILES string of the molecule is O=C(C1CC1)N1CCN(C(=O)C(Cc2ccccc2)NS(=O)(=O)c2ccccc2F)CC1. The van der Waals surface area contributed by atoms with Gasteiger partial charge in [0, 0.05) is 32.1 Å². The van der Waals surface area contributed by atoms with Gasteiger partial charge < -0.3 is 9.80 Å². The molecule has 1 N–H and O–H groups in total. The van der Waals surface area contributed by atoms with Gasteiger partial charge in [-0.1, -0.05) is 42.5 Å². The molecule has 4 rings (SSSR count). The lowest BCUT2D eigenvalue weighted by Crippen LogP contribution is -2.56. The smallest absolute Gasteiger partial charge is 0.244 e. The standard InChI is InChI=1S/C23H26FN3O4S/c24-19-8-4-5-9-21(19)32(30,31)25-20(16-17-6-2-1-3-7-17)23(29)27-14-12-26(13-15-27)22(28)18-10-11-18/h1-9,18,20,25H,10-16H2. The van der Waals surface area contributed by atoms with Crippen molar-refractivity contribution < 1.29 is 22.4 Å². The number of carbonyl (C=O) groups excluding carboxylic acids is 2. The average Bonchev–Trinajstić information content (AvgIpc) is 3.64. The Kier molecular flexibility index (Phi) is 6.57. The number of sulfonamides is 1. The molecule has 9 heteroatoms. The fourth-order valence-electron chi connectivity index (χ4n) is 3.90. The van der Waals surface area contributed by atoms with E-state index in [2.05, 4.69) is 4.72 Å². The third kappa shape index (κ3) is 5.16. The van der Waals surface area contributed by atoms with Crippen molar-refractivity contribution in [2.24, 2.45) is 5.92 Å². The third-order valence-corrected chi connectivity index (χ3v) is 7.34. The Hall–Kier alpha value is -2.78. The van der Waals surface area contributed by atoms with E-state index >= 15 is 0 Å². The highest BCUT2D eigenvalue weighted by Gasteiger charge is 2.37. The first-order valence-electron chi connectivity index (χ1n) is 10.7. The summed E-state index contributed by atoms with van der Waals surface area (Å²) in [5.74, 6) is -1.00. The second kappa shape index (κ2) is 9.38. The van der Waals surface area contributed by atoms with Gasteiger partial charge in [0.2, 0.25) is 21.8 Å². The summed E-state index contributed by atoms with van der Waals surface area (Å²) < 4.78 is 42.4. The molecular weight excluding hydrogens is 433 g/mol. The highest BCUT2D eigenvalue weighted by atomic mass is 32.2. The van der Waals surface area contributed by atoms with E-state index in [1.54, 1.807) is 9.80 Å². The minimum Gasteiger partial charge on any atom is -0.339 e. The monoisotopic (exact) mass is 459 g/mol. The van der Waals surface area contributed by atoms with Gasteiger partial charge >= 0.3 is 0 Å². The van der Waals surface area contributed by atoms with Gasteiger partial charge in [0.15, 0.2) is 0 Å². The zero-order valence-electron chi connectivity index (χ0n) is 17.6. The summed E-state index contributed by atoms with van der Waals surface area (Å²) in [5.41, 5.74) is 0.782. The molecule has 2 fully saturated rings. The predicted octanol–water partition coefficient (Wildman–Crippen LogP) is 1.80. The molecule has 0 spiro atoms. The van der Waals surface area contributed by atoms with Crippen molar-refractivity contribution in [2.75, 3.05) is 26.2 Å². The van der Waals surface area contributed by atoms with Crippen LogP contribution in [0.1, 0.15) is 18.4 Å². The molecule has 1 atom stereocenters. The van der Waals surface area contributed by atoms with Crippen LogP contribution in [0.2, 0.25) is 0 Å². The van der Waals surface area contributed by atoms with Crippen LogP contribution in [0.4, 0.5) is 4.39 Å². The van der Waals surface area contributed by atoms with E-state index in [0.29, 0.717) is 26.2 Å². The number of hydrogen-bond donors (Lipinski definition) is 1. The molecule has 32 heavy (non-hydrogen) atoms. The van der Waals surface area contributed by atoms with Gasteiger partial charge in [-0.25, -0.2) is 12.8 Å². The Morgan fingerprint density at radius 1 is 0.938 bits per heavy atom. The molecule has 1 saturated heterocycles. The number of carbonyl (C=O) groups is 2. The fourth-order valence-corrected chi connectivity index (χ4v) is 5.17. The van der Waals surface area contributed by atoms with E-state index in [1.165, 1.54) is 18.2 Å². The summed E-state index contributed by atoms with van der Waals surface area (Å²) in [6.45, 7) is 1.53. The van der Waals surface area contributed by atoms with Gasteiger partial charge in [0.05, 0.1) is 0 Å². The van der Waals surface area contributed by atoms with Gasteiger partial charge in [-0.3, -0.25) is 9.59 Å². The quantitative estimate of drug-likeness (QED) is 0.684. The van der Waals surface area contributed by atoms with Crippen molar-refractivity contribution >= 4 is 21.8 Å². The summed E-state index contributed by atoms with van der Waals surface area (Å²) in [6, 6.07) is 13.1. The molecule has 170 valence electrons. The number of amides is 2. The topological polar surface area (TPSA) is 86.8 Å². The number of nitrogens with zero attached hydrogens (tertiary/aromatic N) is 2. The molecule has 1 aliphatic heterocycles. The Morgan fingerprint density at radius 3 is 2.16 bits per heavy atom. The van der Waals surface area contributed by atoms with Gasteiger partial charge in [-0.15, -0.1) is 0 Å². The second-order valence-corrected chi connectivity index (χ2v) is 9.90. The van der Waals surface area contributed by atoms with Crippen LogP contribution in [0.15, 0.2) is 59.5 Å². The van der Waals surface area contributed by atoms with Crippen molar-refractivity contribution in [3.63, 3.8) is 0 Å². The lowest BCUT2D eigenvalue weighted by molar-refractivity contribution is -0.141. The highest BCUT2D eigenvalue weighted by molar-refractivity contribution is 7.89. The summed E-state index contributed by atoms with van der Waals surface area (Å²) >= 11 is 0. The Morgan fingerprint density at radius 2 is 1.53 bits per heavy atom. The highest BCUT2D eigenvalue weighted by Crippen LogP contribution is 2.31. The van der Waals surface area contributed by atoms with E-state index < -0.39 is 26.8 Å². The first-order valence-corrected chi connectivity index (χ1v) is 12.2. The molecule has 0 bridgehead atoms. The second-order valence-electron chi connectivity index (χ2n) is 8.22. The minimum atomic E-state index is -4.26. The summed E-state index contributed by atoms with van der Waals surface area (Å²) in [4.78, 5) is 28.5. The zero-order valence-corrected chi connectivity index (χ0v) is 18.4. The molecular formula is C23H26FN3O4S. The van der Waals surface area contributed by atoms with Crippen molar-refractivity contribution in [1.29, 1.82) is 0 Å². The summed E-state index contributed by atoms with van der Waals surface area (Å²) in [7, 11) is -4.26. The largest absolute Gasteiger partial charge is 0.339 e. The van der Waals surface area contributed by atoms with E-state index in [9.17, 15) is 22.4 Å². The summed E-state index contributed by atoms with van der Waals surface area (Å²) in [6.07, 6.45) is 1.98. The molecule has 1 aliphatic carbocycles. The van der Waals surface area contributed by atoms with E-state index in [1.807, 2.05) is 30.3 Å². The maximum absolute atomic E-state index is 14.2. The lowest BCUT2D eigenvalue weighted by atomic mass is 10.1. The molecule has 1 saturated carbocycles. The summed E-state index contributed by atoms with van der Waals surface area (Å²) in [5, 5.41) is 0. The maximum Gasteiger partial charge on any atom is 0.244 e. The van der Waals surface area contributed by atoms with E-state index in [-0.39, 0.29) is 24.2 Å². The van der Waals surface area contributed by atoms with Crippen LogP contribution in [0.25, 0.3) is 0 Å². The van der Waals surface area contributed by atoms with Crippen molar-refractivity contribution in [3.8, 4) is 0 Å². The van der Waals surface area contributed by atoms with Crippen molar-refractivity contribution in [1.82, 2.24) is 14.5 Å². The Labute approximate surface area is 187 Å². The Balaban J connectivity index is 1.51. The number of hydrogen-bond acceptors (Lipinski definition) is 4. The maximum atomic E-state index is 14.2. The molecule has 2 amide bonds. The van der Waals surface area contributed by atoms with Crippen LogP contribution in [-0.4, -0.2) is 62.3 Å². The van der Waals surface area contributed by atoms with Crippen LogP contribution in [-0.2, 0) is 26.0 Å². The number of halogens is 1. The molecule has 7 nitrogen and oxygen atoms in total. The van der Waals surface area contributed by atoms with Crippen molar-refractivity contribution in [3.05, 3.63) is 66.0 Å². The first kappa shape index (κ1) is 22.4. The van der Waals surface area contributed by atoms with Gasteiger partial charge in [0.1, 0.15) is 16.8 Å². The average molecular weight is 460 g/mol. The van der Waals surface area contributed by atoms with Crippen LogP contribution in [0, 0.1) is 11.7 Å². The predicted molar refractivity (Wildman–Crippen MR) is 117 cm³/mol. The number of benzene rings is 2. The first-order chi connectivity index (χ1) is 15.3. The molecule has 2 aromatic rings. The van der Waals surface area contributed by atoms with Crippen LogP contribution < -0.4 is 4.72 Å². The lowest BCUT2D eigenvalue weighted by Gasteiger charge is -2.36. The number of nitrogens with one attached hydrogen (secondary N) is 1. The van der Waals surface area contributed by atoms with Gasteiger partial charge in [-0.05, 0) is 37.0 Å². The van der Waals surface area contributed by atoms with Crippen LogP contribution >= 0.6 is 0 Å². The third-order valence-electron chi connectivity index (χ3n) is 5.83. The van der Waals surface area contributed by atoms with Crippen LogP contribution in [0.5, 0.6) is 0 Å². The van der Waals surface area contributed by atoms with Gasteiger partial charge in [0.25, 0.3) is 0 Å². The van der Waals surface area contributed by atoms with Gasteiger partial charge in [-0.2, -0.15) is 4.72 Å². The molecule has 2 aliphatic rings. The number of piperazine rings is 1.